The molecule has 2 aliphatic carbocycles. The second-order valence-electron chi connectivity index (χ2n) is 8.48. The third-order valence-electron chi connectivity index (χ3n) is 6.82. The number of benzene rings is 2. The molecule has 2 aromatic carbocycles. The normalized spacial score (nSPS) is 30.5. The molecule has 32 heavy (non-hydrogen) atoms. The van der Waals surface area contributed by atoms with Gasteiger partial charge in [0.1, 0.15) is 5.75 Å². The summed E-state index contributed by atoms with van der Waals surface area (Å²) in [5, 5.41) is 0. The number of methoxy groups -OCH3 is 1. The minimum atomic E-state index is -0.469. The highest BCUT2D eigenvalue weighted by Crippen LogP contribution is 2.60. The molecule has 1 saturated heterocycles. The molecule has 6 atom stereocenters. The van der Waals surface area contributed by atoms with Gasteiger partial charge in [0.05, 0.1) is 31.1 Å². The Morgan fingerprint density at radius 2 is 1.56 bits per heavy atom. The molecule has 1 heterocycles. The Morgan fingerprint density at radius 1 is 0.969 bits per heavy atom. The van der Waals surface area contributed by atoms with E-state index in [0.717, 1.165) is 12.0 Å². The van der Waals surface area contributed by atoms with Crippen molar-refractivity contribution >= 4 is 55.3 Å². The minimum absolute atomic E-state index is 0.0617. The van der Waals surface area contributed by atoms with Crippen molar-refractivity contribution in [1.82, 2.24) is 0 Å². The number of nitrogens with zero attached hydrogens (tertiary/aromatic N) is 1. The highest BCUT2D eigenvalue weighted by molar-refractivity contribution is 9.12. The van der Waals surface area contributed by atoms with Crippen molar-refractivity contribution in [2.24, 2.45) is 23.7 Å². The first-order chi connectivity index (χ1) is 15.4. The van der Waals surface area contributed by atoms with Crippen LogP contribution in [0, 0.1) is 23.7 Å². The minimum Gasteiger partial charge on any atom is -0.497 e. The van der Waals surface area contributed by atoms with Gasteiger partial charge in [-0.15, -0.1) is 0 Å². The summed E-state index contributed by atoms with van der Waals surface area (Å²) in [5.74, 6) is -0.350. The van der Waals surface area contributed by atoms with Crippen LogP contribution in [0.5, 0.6) is 11.5 Å². The number of hydrogen-bond acceptors (Lipinski definition) is 5. The lowest BCUT2D eigenvalue weighted by molar-refractivity contribution is -0.134. The number of halogens is 2. The Labute approximate surface area is 202 Å². The van der Waals surface area contributed by atoms with Crippen molar-refractivity contribution in [2.75, 3.05) is 12.0 Å². The van der Waals surface area contributed by atoms with Crippen molar-refractivity contribution < 1.29 is 23.9 Å². The molecular weight excluding hydrogens is 542 g/mol. The van der Waals surface area contributed by atoms with Gasteiger partial charge in [-0.2, -0.15) is 0 Å². The zero-order valence-electron chi connectivity index (χ0n) is 17.2. The van der Waals surface area contributed by atoms with Crippen molar-refractivity contribution in [3.05, 3.63) is 54.1 Å². The number of anilines is 1. The topological polar surface area (TPSA) is 72.9 Å². The Balaban J connectivity index is 1.37. The fourth-order valence-electron chi connectivity index (χ4n) is 5.38. The standard InChI is InChI=1S/C24H21Br2NO5/c1-31-13-8-6-12(7-9-13)10-18(28)32-17-5-3-2-4-16(17)27-23(29)19-14-11-15(20(19)24(27)30)22(26)21(14)25/h2-9,14-15,19-22H,10-11H2,1H3. The van der Waals surface area contributed by atoms with E-state index in [-0.39, 0.29) is 57.3 Å². The summed E-state index contributed by atoms with van der Waals surface area (Å²) >= 11 is 7.40. The number of alkyl halides is 2. The molecule has 3 fully saturated rings. The van der Waals surface area contributed by atoms with Gasteiger partial charge in [-0.3, -0.25) is 14.4 Å². The second-order valence-corrected chi connectivity index (χ2v) is 10.6. The maximum absolute atomic E-state index is 13.3. The number of ether oxygens (including phenoxy) is 2. The molecule has 2 bridgehead atoms. The van der Waals surface area contributed by atoms with E-state index in [1.807, 2.05) is 0 Å². The van der Waals surface area contributed by atoms with Crippen LogP contribution < -0.4 is 14.4 Å². The van der Waals surface area contributed by atoms with Crippen molar-refractivity contribution in [2.45, 2.75) is 22.5 Å². The molecule has 2 saturated carbocycles. The van der Waals surface area contributed by atoms with Crippen LogP contribution in [-0.2, 0) is 20.8 Å². The molecule has 6 nitrogen and oxygen atoms in total. The molecule has 5 rings (SSSR count). The zero-order valence-corrected chi connectivity index (χ0v) is 20.4. The summed E-state index contributed by atoms with van der Waals surface area (Å²) in [4.78, 5) is 40.9. The van der Waals surface area contributed by atoms with Gasteiger partial charge in [-0.25, -0.2) is 4.90 Å². The van der Waals surface area contributed by atoms with Crippen LogP contribution in [0.3, 0.4) is 0 Å². The molecule has 0 N–H and O–H groups in total. The number of carbonyl (C=O) groups is 3. The first kappa shape index (κ1) is 21.6. The number of hydrogen-bond donors (Lipinski definition) is 0. The fraction of sp³-hybridized carbons (Fsp3) is 0.375. The third kappa shape index (κ3) is 3.39. The van der Waals surface area contributed by atoms with E-state index in [9.17, 15) is 14.4 Å². The van der Waals surface area contributed by atoms with Crippen molar-refractivity contribution in [1.29, 1.82) is 0 Å². The average Bonchev–Trinajstić information content (AvgIpc) is 3.40. The number of carbonyl (C=O) groups excluding carboxylic acids is 3. The lowest BCUT2D eigenvalue weighted by atomic mass is 9.81. The van der Waals surface area contributed by atoms with Crippen LogP contribution in [0.2, 0.25) is 0 Å². The highest BCUT2D eigenvalue weighted by Gasteiger charge is 2.66. The van der Waals surface area contributed by atoms with Gasteiger partial charge < -0.3 is 9.47 Å². The maximum Gasteiger partial charge on any atom is 0.315 e. The van der Waals surface area contributed by atoms with E-state index in [1.165, 1.54) is 4.90 Å². The number of fused-ring (bicyclic) bond motifs is 5. The molecule has 6 unspecified atom stereocenters. The number of imide groups is 1. The van der Waals surface area contributed by atoms with Crippen LogP contribution in [0.4, 0.5) is 5.69 Å². The zero-order chi connectivity index (χ0) is 22.6. The van der Waals surface area contributed by atoms with E-state index < -0.39 is 5.97 Å². The summed E-state index contributed by atoms with van der Waals surface area (Å²) in [6.45, 7) is 0. The SMILES string of the molecule is COc1ccc(CC(=O)Oc2ccccc2N2C(=O)C3C4CC(C(Br)C4Br)C3C2=O)cc1. The van der Waals surface area contributed by atoms with Crippen LogP contribution in [0.25, 0.3) is 0 Å². The van der Waals surface area contributed by atoms with E-state index in [1.54, 1.807) is 55.6 Å². The van der Waals surface area contributed by atoms with Gasteiger partial charge in [-0.1, -0.05) is 56.1 Å². The Hall–Kier alpha value is -2.19. The molecular formula is C24H21Br2NO5. The molecule has 2 amide bonds. The predicted octanol–water partition coefficient (Wildman–Crippen LogP) is 4.13. The van der Waals surface area contributed by atoms with Crippen LogP contribution >= 0.6 is 31.9 Å². The quantitative estimate of drug-likeness (QED) is 0.237. The summed E-state index contributed by atoms with van der Waals surface area (Å²) in [6.07, 6.45) is 0.928. The van der Waals surface area contributed by atoms with Crippen LogP contribution in [0.15, 0.2) is 48.5 Å². The van der Waals surface area contributed by atoms with E-state index in [4.69, 9.17) is 9.47 Å². The number of amides is 2. The van der Waals surface area contributed by atoms with Gasteiger partial charge in [0.25, 0.3) is 0 Å². The second kappa shape index (κ2) is 8.30. The molecule has 0 spiro atoms. The van der Waals surface area contributed by atoms with E-state index in [2.05, 4.69) is 31.9 Å². The lowest BCUT2D eigenvalue weighted by Gasteiger charge is -2.28. The van der Waals surface area contributed by atoms with Crippen LogP contribution in [-0.4, -0.2) is 34.5 Å². The van der Waals surface area contributed by atoms with Crippen molar-refractivity contribution in [3.63, 3.8) is 0 Å². The van der Waals surface area contributed by atoms with Gasteiger partial charge in [0, 0.05) is 9.65 Å². The first-order valence-corrected chi connectivity index (χ1v) is 12.3. The van der Waals surface area contributed by atoms with Crippen LogP contribution in [0.1, 0.15) is 12.0 Å². The molecule has 0 radical (unpaired) electrons. The molecule has 0 aromatic heterocycles. The summed E-state index contributed by atoms with van der Waals surface area (Å²) in [7, 11) is 1.58. The van der Waals surface area contributed by atoms with Crippen molar-refractivity contribution in [3.8, 4) is 11.5 Å². The molecule has 3 aliphatic rings. The van der Waals surface area contributed by atoms with Gasteiger partial charge >= 0.3 is 5.97 Å². The van der Waals surface area contributed by atoms with Gasteiger partial charge in [0.2, 0.25) is 11.8 Å². The summed E-state index contributed by atoms with van der Waals surface area (Å²) in [5.41, 5.74) is 1.11. The Kier molecular flexibility index (Phi) is 5.61. The van der Waals surface area contributed by atoms with E-state index >= 15 is 0 Å². The average molecular weight is 563 g/mol. The molecule has 2 aromatic rings. The first-order valence-electron chi connectivity index (χ1n) is 10.5. The van der Waals surface area contributed by atoms with E-state index in [0.29, 0.717) is 11.4 Å². The molecule has 1 aliphatic heterocycles. The smallest absolute Gasteiger partial charge is 0.315 e. The Bertz CT molecular complexity index is 1060. The summed E-state index contributed by atoms with van der Waals surface area (Å²) < 4.78 is 10.7. The van der Waals surface area contributed by atoms with Gasteiger partial charge in [0.15, 0.2) is 5.75 Å². The molecule has 8 heteroatoms. The summed E-state index contributed by atoms with van der Waals surface area (Å²) in [6, 6.07) is 13.9. The predicted molar refractivity (Wildman–Crippen MR) is 125 cm³/mol. The fourth-order valence-corrected chi connectivity index (χ4v) is 7.26. The highest BCUT2D eigenvalue weighted by atomic mass is 79.9. The largest absolute Gasteiger partial charge is 0.497 e. The number of esters is 1. The number of rotatable bonds is 5. The monoisotopic (exact) mass is 561 g/mol. The maximum atomic E-state index is 13.3. The third-order valence-corrected chi connectivity index (χ3v) is 10.0. The Morgan fingerprint density at radius 3 is 2.16 bits per heavy atom. The lowest BCUT2D eigenvalue weighted by Crippen LogP contribution is -2.37. The van der Waals surface area contributed by atoms with Gasteiger partial charge in [-0.05, 0) is 48.1 Å². The number of para-hydroxylation sites is 2. The molecule has 166 valence electrons.